The van der Waals surface area contributed by atoms with Gasteiger partial charge in [0.15, 0.2) is 0 Å². The lowest BCUT2D eigenvalue weighted by Gasteiger charge is -2.24. The predicted molar refractivity (Wildman–Crippen MR) is 109 cm³/mol. The van der Waals surface area contributed by atoms with Gasteiger partial charge in [0.1, 0.15) is 17.8 Å². The van der Waals surface area contributed by atoms with E-state index in [0.29, 0.717) is 24.9 Å². The zero-order chi connectivity index (χ0) is 22.0. The number of rotatable bonds is 12. The van der Waals surface area contributed by atoms with Crippen LogP contribution in [-0.2, 0) is 20.8 Å². The Balaban J connectivity index is 2.92. The molecule has 9 heteroatoms. The molecule has 0 aliphatic rings. The number of carbonyl (C=O) groups is 3. The SMILES string of the molecule is CC(C)C(NC(=O)C(Cc1ccc(O)cc1)NC(=O)C(N)CCCCN)C(=O)O. The summed E-state index contributed by atoms with van der Waals surface area (Å²) in [7, 11) is 0. The topological polar surface area (TPSA) is 168 Å². The van der Waals surface area contributed by atoms with Gasteiger partial charge in [0.2, 0.25) is 11.8 Å². The largest absolute Gasteiger partial charge is 0.508 e. The molecule has 0 fully saturated rings. The molecule has 9 nitrogen and oxygen atoms in total. The van der Waals surface area contributed by atoms with E-state index < -0.39 is 35.9 Å². The second-order valence-electron chi connectivity index (χ2n) is 7.39. The van der Waals surface area contributed by atoms with Crippen LogP contribution in [0.15, 0.2) is 24.3 Å². The maximum atomic E-state index is 12.8. The first-order valence-electron chi connectivity index (χ1n) is 9.72. The van der Waals surface area contributed by atoms with Crippen molar-refractivity contribution in [1.82, 2.24) is 10.6 Å². The predicted octanol–water partition coefficient (Wildman–Crippen LogP) is 0.101. The zero-order valence-corrected chi connectivity index (χ0v) is 16.9. The fourth-order valence-electron chi connectivity index (χ4n) is 2.76. The van der Waals surface area contributed by atoms with E-state index in [1.807, 2.05) is 0 Å². The first kappa shape index (κ1) is 24.4. The number of benzene rings is 1. The van der Waals surface area contributed by atoms with Crippen LogP contribution in [-0.4, -0.2) is 52.7 Å². The number of aliphatic carboxylic acids is 1. The smallest absolute Gasteiger partial charge is 0.326 e. The maximum absolute atomic E-state index is 12.8. The van der Waals surface area contributed by atoms with Gasteiger partial charge >= 0.3 is 5.97 Å². The van der Waals surface area contributed by atoms with Gasteiger partial charge in [0.05, 0.1) is 6.04 Å². The monoisotopic (exact) mass is 408 g/mol. The maximum Gasteiger partial charge on any atom is 0.326 e. The lowest BCUT2D eigenvalue weighted by Crippen LogP contribution is -2.56. The van der Waals surface area contributed by atoms with E-state index in [-0.39, 0.29) is 18.1 Å². The highest BCUT2D eigenvalue weighted by molar-refractivity contribution is 5.92. The van der Waals surface area contributed by atoms with Gasteiger partial charge in [-0.2, -0.15) is 0 Å². The number of carboxylic acid groups (broad SMARTS) is 1. The molecule has 2 amide bonds. The fourth-order valence-corrected chi connectivity index (χ4v) is 2.76. The minimum Gasteiger partial charge on any atom is -0.508 e. The third kappa shape index (κ3) is 8.49. The van der Waals surface area contributed by atoms with Gasteiger partial charge < -0.3 is 32.3 Å². The van der Waals surface area contributed by atoms with Gasteiger partial charge in [0.25, 0.3) is 0 Å². The number of nitrogens with one attached hydrogen (secondary N) is 2. The van der Waals surface area contributed by atoms with Crippen molar-refractivity contribution in [2.45, 2.75) is 57.7 Å². The third-order valence-electron chi connectivity index (χ3n) is 4.55. The molecule has 1 aromatic carbocycles. The first-order chi connectivity index (χ1) is 13.6. The van der Waals surface area contributed by atoms with Crippen LogP contribution in [0.4, 0.5) is 0 Å². The molecule has 0 aromatic heterocycles. The van der Waals surface area contributed by atoms with Crippen LogP contribution in [0, 0.1) is 5.92 Å². The van der Waals surface area contributed by atoms with E-state index in [2.05, 4.69) is 10.6 Å². The van der Waals surface area contributed by atoms with Crippen molar-refractivity contribution in [3.63, 3.8) is 0 Å². The second kappa shape index (κ2) is 12.0. The Morgan fingerprint density at radius 3 is 2.17 bits per heavy atom. The number of amides is 2. The Morgan fingerprint density at radius 2 is 1.66 bits per heavy atom. The van der Waals surface area contributed by atoms with Crippen LogP contribution in [0.1, 0.15) is 38.7 Å². The van der Waals surface area contributed by atoms with E-state index in [1.54, 1.807) is 26.0 Å². The Kier molecular flexibility index (Phi) is 10.1. The number of carbonyl (C=O) groups excluding carboxylic acids is 2. The van der Waals surface area contributed by atoms with Crippen LogP contribution >= 0.6 is 0 Å². The molecule has 0 heterocycles. The van der Waals surface area contributed by atoms with Crippen molar-refractivity contribution in [2.75, 3.05) is 6.54 Å². The molecule has 1 rings (SSSR count). The van der Waals surface area contributed by atoms with Crippen molar-refractivity contribution in [1.29, 1.82) is 0 Å². The molecule has 0 spiro atoms. The Morgan fingerprint density at radius 1 is 1.03 bits per heavy atom. The fraction of sp³-hybridized carbons (Fsp3) is 0.550. The minimum atomic E-state index is -1.15. The minimum absolute atomic E-state index is 0.0754. The van der Waals surface area contributed by atoms with E-state index in [4.69, 9.17) is 11.5 Å². The quantitative estimate of drug-likeness (QED) is 0.267. The van der Waals surface area contributed by atoms with Crippen molar-refractivity contribution >= 4 is 17.8 Å². The zero-order valence-electron chi connectivity index (χ0n) is 16.9. The summed E-state index contributed by atoms with van der Waals surface area (Å²) in [6.45, 7) is 3.87. The van der Waals surface area contributed by atoms with Gasteiger partial charge in [-0.05, 0) is 43.0 Å². The number of phenols is 1. The van der Waals surface area contributed by atoms with Crippen molar-refractivity contribution < 1.29 is 24.6 Å². The highest BCUT2D eigenvalue weighted by Gasteiger charge is 2.29. The van der Waals surface area contributed by atoms with Crippen molar-refractivity contribution in [3.8, 4) is 5.75 Å². The van der Waals surface area contributed by atoms with Crippen LogP contribution in [0.25, 0.3) is 0 Å². The Hall–Kier alpha value is -2.65. The number of aromatic hydroxyl groups is 1. The van der Waals surface area contributed by atoms with Gasteiger partial charge in [-0.25, -0.2) is 4.79 Å². The summed E-state index contributed by atoms with van der Waals surface area (Å²) in [4.78, 5) is 36.6. The molecule has 0 aliphatic heterocycles. The van der Waals surface area contributed by atoms with Crippen LogP contribution in [0.3, 0.4) is 0 Å². The standard InChI is InChI=1S/C20H32N4O5/c1-12(2)17(20(28)29)24-19(27)16(11-13-6-8-14(25)9-7-13)23-18(26)15(22)5-3-4-10-21/h6-9,12,15-17,25H,3-5,10-11,21-22H2,1-2H3,(H,23,26)(H,24,27)(H,28,29). The molecule has 1 aromatic rings. The van der Waals surface area contributed by atoms with Gasteiger partial charge in [-0.3, -0.25) is 9.59 Å². The molecule has 0 saturated carbocycles. The van der Waals surface area contributed by atoms with Crippen LogP contribution in [0.2, 0.25) is 0 Å². The van der Waals surface area contributed by atoms with Gasteiger partial charge in [-0.15, -0.1) is 0 Å². The normalized spacial score (nSPS) is 14.1. The van der Waals surface area contributed by atoms with Gasteiger partial charge in [0, 0.05) is 6.42 Å². The van der Waals surface area contributed by atoms with Crippen LogP contribution in [0.5, 0.6) is 5.75 Å². The van der Waals surface area contributed by atoms with Crippen molar-refractivity contribution in [2.24, 2.45) is 17.4 Å². The molecule has 29 heavy (non-hydrogen) atoms. The van der Waals surface area contributed by atoms with Crippen LogP contribution < -0.4 is 22.1 Å². The molecule has 3 atom stereocenters. The summed E-state index contributed by atoms with van der Waals surface area (Å²) in [5.41, 5.74) is 12.0. The second-order valence-corrected chi connectivity index (χ2v) is 7.39. The molecule has 3 unspecified atom stereocenters. The molecule has 162 valence electrons. The average molecular weight is 408 g/mol. The van der Waals surface area contributed by atoms with E-state index in [1.165, 1.54) is 12.1 Å². The molecule has 8 N–H and O–H groups in total. The molecular weight excluding hydrogens is 376 g/mol. The number of unbranched alkanes of at least 4 members (excludes halogenated alkanes) is 1. The number of carboxylic acids is 1. The number of phenolic OH excluding ortho intramolecular Hbond substituents is 1. The highest BCUT2D eigenvalue weighted by Crippen LogP contribution is 2.12. The first-order valence-corrected chi connectivity index (χ1v) is 9.72. The third-order valence-corrected chi connectivity index (χ3v) is 4.55. The summed E-state index contributed by atoms with van der Waals surface area (Å²) in [5.74, 6) is -2.51. The highest BCUT2D eigenvalue weighted by atomic mass is 16.4. The average Bonchev–Trinajstić information content (AvgIpc) is 2.66. The summed E-state index contributed by atoms with van der Waals surface area (Å²) >= 11 is 0. The lowest BCUT2D eigenvalue weighted by atomic mass is 10.0. The van der Waals surface area contributed by atoms with Crippen molar-refractivity contribution in [3.05, 3.63) is 29.8 Å². The van der Waals surface area contributed by atoms with Gasteiger partial charge in [-0.1, -0.05) is 32.4 Å². The van der Waals surface area contributed by atoms with E-state index >= 15 is 0 Å². The summed E-state index contributed by atoms with van der Waals surface area (Å²) < 4.78 is 0. The van der Waals surface area contributed by atoms with E-state index in [0.717, 1.165) is 6.42 Å². The number of hydrogen-bond acceptors (Lipinski definition) is 6. The number of hydrogen-bond donors (Lipinski definition) is 6. The lowest BCUT2D eigenvalue weighted by molar-refractivity contribution is -0.143. The molecule has 0 radical (unpaired) electrons. The summed E-state index contributed by atoms with van der Waals surface area (Å²) in [6, 6.07) is 3.31. The van der Waals surface area contributed by atoms with E-state index in [9.17, 15) is 24.6 Å². The summed E-state index contributed by atoms with van der Waals surface area (Å²) in [6.07, 6.45) is 1.99. The summed E-state index contributed by atoms with van der Waals surface area (Å²) in [5, 5.41) is 23.9. The Labute approximate surface area is 170 Å². The molecule has 0 saturated heterocycles. The molecule has 0 bridgehead atoms. The number of nitrogens with two attached hydrogens (primary N) is 2. The molecular formula is C20H32N4O5. The Bertz CT molecular complexity index is 678. The molecule has 0 aliphatic carbocycles.